The number of amides is 1. The van der Waals surface area contributed by atoms with Gasteiger partial charge in [0.25, 0.3) is 0 Å². The van der Waals surface area contributed by atoms with Gasteiger partial charge >= 0.3 is 0 Å². The van der Waals surface area contributed by atoms with Crippen LogP contribution >= 0.6 is 23.2 Å². The van der Waals surface area contributed by atoms with Gasteiger partial charge in [0.2, 0.25) is 5.91 Å². The average Bonchev–Trinajstić information content (AvgIpc) is 2.57. The molecule has 5 nitrogen and oxygen atoms in total. The van der Waals surface area contributed by atoms with Crippen LogP contribution in [0.15, 0.2) is 36.4 Å². The molecule has 0 saturated heterocycles. The van der Waals surface area contributed by atoms with E-state index in [-0.39, 0.29) is 12.3 Å². The molecule has 2 aromatic rings. The van der Waals surface area contributed by atoms with Crippen LogP contribution in [-0.4, -0.2) is 26.7 Å². The molecule has 0 aliphatic rings. The van der Waals surface area contributed by atoms with Crippen LogP contribution in [0.2, 0.25) is 10.0 Å². The highest BCUT2D eigenvalue weighted by Crippen LogP contribution is 2.29. The first-order chi connectivity index (χ1) is 11.5. The number of carbonyl (C=O) groups excluding carboxylic acids is 1. The van der Waals surface area contributed by atoms with Crippen molar-refractivity contribution in [2.45, 2.75) is 6.42 Å². The molecule has 1 amide bonds. The first-order valence-corrected chi connectivity index (χ1v) is 8.00. The van der Waals surface area contributed by atoms with Gasteiger partial charge in [0, 0.05) is 29.7 Å². The SMILES string of the molecule is COc1ccc(NCCC(=O)Nc2ccc(Cl)cc2Cl)cc1OC. The van der Waals surface area contributed by atoms with Crippen LogP contribution in [0.4, 0.5) is 11.4 Å². The van der Waals surface area contributed by atoms with E-state index in [9.17, 15) is 4.79 Å². The van der Waals surface area contributed by atoms with E-state index < -0.39 is 0 Å². The van der Waals surface area contributed by atoms with Gasteiger partial charge in [-0.3, -0.25) is 4.79 Å². The molecule has 0 atom stereocenters. The van der Waals surface area contributed by atoms with Crippen LogP contribution in [0.1, 0.15) is 6.42 Å². The molecule has 0 spiro atoms. The third-order valence-electron chi connectivity index (χ3n) is 3.27. The summed E-state index contributed by atoms with van der Waals surface area (Å²) in [6.07, 6.45) is 0.285. The summed E-state index contributed by atoms with van der Waals surface area (Å²) in [7, 11) is 3.15. The fourth-order valence-corrected chi connectivity index (χ4v) is 2.53. The van der Waals surface area contributed by atoms with Gasteiger partial charge < -0.3 is 20.1 Å². The summed E-state index contributed by atoms with van der Waals surface area (Å²) in [5.41, 5.74) is 1.38. The summed E-state index contributed by atoms with van der Waals surface area (Å²) >= 11 is 11.8. The van der Waals surface area contributed by atoms with E-state index >= 15 is 0 Å². The molecule has 0 radical (unpaired) electrons. The zero-order valence-corrected chi connectivity index (χ0v) is 14.9. The Morgan fingerprint density at radius 1 is 1.04 bits per heavy atom. The largest absolute Gasteiger partial charge is 0.493 e. The maximum absolute atomic E-state index is 12.0. The van der Waals surface area contributed by atoms with Crippen LogP contribution in [0.3, 0.4) is 0 Å². The van der Waals surface area contributed by atoms with Crippen LogP contribution in [0.5, 0.6) is 11.5 Å². The van der Waals surface area contributed by atoms with Gasteiger partial charge in [-0.05, 0) is 30.3 Å². The van der Waals surface area contributed by atoms with Crippen LogP contribution in [0.25, 0.3) is 0 Å². The molecule has 2 rings (SSSR count). The third-order valence-corrected chi connectivity index (χ3v) is 3.82. The number of ether oxygens (including phenoxy) is 2. The Morgan fingerprint density at radius 2 is 1.79 bits per heavy atom. The zero-order valence-electron chi connectivity index (χ0n) is 13.4. The Labute approximate surface area is 150 Å². The van der Waals surface area contributed by atoms with Crippen molar-refractivity contribution >= 4 is 40.5 Å². The number of benzene rings is 2. The van der Waals surface area contributed by atoms with Gasteiger partial charge in [0.1, 0.15) is 0 Å². The molecule has 2 N–H and O–H groups in total. The number of hydrogen-bond donors (Lipinski definition) is 2. The van der Waals surface area contributed by atoms with Crippen molar-refractivity contribution < 1.29 is 14.3 Å². The van der Waals surface area contributed by atoms with E-state index in [4.69, 9.17) is 32.7 Å². The van der Waals surface area contributed by atoms with Gasteiger partial charge in [-0.2, -0.15) is 0 Å². The maximum atomic E-state index is 12.0. The number of anilines is 2. The Balaban J connectivity index is 1.86. The zero-order chi connectivity index (χ0) is 17.5. The molecule has 0 bridgehead atoms. The summed E-state index contributed by atoms with van der Waals surface area (Å²) < 4.78 is 10.4. The summed E-state index contributed by atoms with van der Waals surface area (Å²) in [6, 6.07) is 10.4. The molecule has 0 aliphatic carbocycles. The van der Waals surface area contributed by atoms with Crippen molar-refractivity contribution in [3.63, 3.8) is 0 Å². The van der Waals surface area contributed by atoms with Crippen LogP contribution in [0, 0.1) is 0 Å². The van der Waals surface area contributed by atoms with Gasteiger partial charge in [-0.25, -0.2) is 0 Å². The highest BCUT2D eigenvalue weighted by atomic mass is 35.5. The predicted molar refractivity (Wildman–Crippen MR) is 97.7 cm³/mol. The van der Waals surface area contributed by atoms with Gasteiger partial charge in [0.15, 0.2) is 11.5 Å². The Morgan fingerprint density at radius 3 is 2.46 bits per heavy atom. The number of rotatable bonds is 7. The number of carbonyl (C=O) groups is 1. The second-order valence-corrected chi connectivity index (χ2v) is 5.76. The van der Waals surface area contributed by atoms with Crippen molar-refractivity contribution in [2.24, 2.45) is 0 Å². The van der Waals surface area contributed by atoms with Crippen molar-refractivity contribution in [3.05, 3.63) is 46.4 Å². The minimum absolute atomic E-state index is 0.146. The van der Waals surface area contributed by atoms with E-state index in [0.29, 0.717) is 33.8 Å². The lowest BCUT2D eigenvalue weighted by Gasteiger charge is -2.11. The van der Waals surface area contributed by atoms with Crippen molar-refractivity contribution in [2.75, 3.05) is 31.4 Å². The molecule has 0 fully saturated rings. The van der Waals surface area contributed by atoms with Crippen molar-refractivity contribution in [3.8, 4) is 11.5 Å². The van der Waals surface area contributed by atoms with Gasteiger partial charge in [0.05, 0.1) is 24.9 Å². The summed E-state index contributed by atoms with van der Waals surface area (Å²) in [5, 5.41) is 6.84. The minimum atomic E-state index is -0.146. The number of nitrogens with one attached hydrogen (secondary N) is 2. The summed E-state index contributed by atoms with van der Waals surface area (Å²) in [5.74, 6) is 1.13. The third kappa shape index (κ3) is 4.94. The number of halogens is 2. The molecule has 0 aromatic heterocycles. The fraction of sp³-hybridized carbons (Fsp3) is 0.235. The second-order valence-electron chi connectivity index (χ2n) is 4.92. The first-order valence-electron chi connectivity index (χ1n) is 7.24. The fourth-order valence-electron chi connectivity index (χ4n) is 2.07. The average molecular weight is 369 g/mol. The second kappa shape index (κ2) is 8.66. The normalized spacial score (nSPS) is 10.2. The van der Waals surface area contributed by atoms with Crippen molar-refractivity contribution in [1.82, 2.24) is 0 Å². The smallest absolute Gasteiger partial charge is 0.226 e. The van der Waals surface area contributed by atoms with Crippen LogP contribution in [-0.2, 0) is 4.79 Å². The number of hydrogen-bond acceptors (Lipinski definition) is 4. The molecule has 24 heavy (non-hydrogen) atoms. The van der Waals surface area contributed by atoms with Gasteiger partial charge in [-0.15, -0.1) is 0 Å². The van der Waals surface area contributed by atoms with E-state index in [0.717, 1.165) is 5.69 Å². The maximum Gasteiger partial charge on any atom is 0.226 e. The summed E-state index contributed by atoms with van der Waals surface area (Å²) in [4.78, 5) is 12.0. The monoisotopic (exact) mass is 368 g/mol. The Kier molecular flexibility index (Phi) is 6.58. The summed E-state index contributed by atoms with van der Waals surface area (Å²) in [6.45, 7) is 0.465. The standard InChI is InChI=1S/C17H18Cl2N2O3/c1-23-15-6-4-12(10-16(15)24-2)20-8-7-17(22)21-14-5-3-11(18)9-13(14)19/h3-6,9-10,20H,7-8H2,1-2H3,(H,21,22). The predicted octanol–water partition coefficient (Wildman–Crippen LogP) is 4.45. The Hall–Kier alpha value is -2.11. The van der Waals surface area contributed by atoms with Crippen molar-refractivity contribution in [1.29, 1.82) is 0 Å². The first kappa shape index (κ1) is 18.2. The number of methoxy groups -OCH3 is 2. The quantitative estimate of drug-likeness (QED) is 0.757. The topological polar surface area (TPSA) is 59.6 Å². The van der Waals surface area contributed by atoms with E-state index in [1.54, 1.807) is 38.5 Å². The minimum Gasteiger partial charge on any atom is -0.493 e. The molecule has 128 valence electrons. The lowest BCUT2D eigenvalue weighted by molar-refractivity contribution is -0.115. The lowest BCUT2D eigenvalue weighted by atomic mass is 10.2. The molecular weight excluding hydrogens is 351 g/mol. The lowest BCUT2D eigenvalue weighted by Crippen LogP contribution is -2.16. The molecule has 0 saturated carbocycles. The molecule has 0 heterocycles. The highest BCUT2D eigenvalue weighted by molar-refractivity contribution is 6.36. The van der Waals surface area contributed by atoms with Crippen LogP contribution < -0.4 is 20.1 Å². The van der Waals surface area contributed by atoms with E-state index in [2.05, 4.69) is 10.6 Å². The van der Waals surface area contributed by atoms with E-state index in [1.165, 1.54) is 0 Å². The Bertz CT molecular complexity index is 723. The molecule has 0 unspecified atom stereocenters. The van der Waals surface area contributed by atoms with Gasteiger partial charge in [-0.1, -0.05) is 23.2 Å². The molecule has 2 aromatic carbocycles. The molecule has 0 aliphatic heterocycles. The molecular formula is C17H18Cl2N2O3. The molecule has 7 heteroatoms. The highest BCUT2D eigenvalue weighted by Gasteiger charge is 2.07. The van der Waals surface area contributed by atoms with E-state index in [1.807, 2.05) is 12.1 Å².